The summed E-state index contributed by atoms with van der Waals surface area (Å²) in [6.07, 6.45) is -3.07. The van der Waals surface area contributed by atoms with E-state index >= 15 is 0 Å². The van der Waals surface area contributed by atoms with Gasteiger partial charge in [-0.15, -0.1) is 0 Å². The molecule has 1 aliphatic heterocycles. The van der Waals surface area contributed by atoms with E-state index in [9.17, 15) is 26.0 Å². The molecule has 0 saturated carbocycles. The Bertz CT molecular complexity index is 1000. The van der Waals surface area contributed by atoms with Crippen molar-refractivity contribution in [3.8, 4) is 6.01 Å². The van der Waals surface area contributed by atoms with Crippen molar-refractivity contribution in [2.24, 2.45) is 0 Å². The molecular formula is C17H20F4N6O3S. The second-order valence-corrected chi connectivity index (χ2v) is 8.73. The highest BCUT2D eigenvalue weighted by atomic mass is 32.2. The smallest absolute Gasteiger partial charge is 0.422 e. The lowest BCUT2D eigenvalue weighted by atomic mass is 10.2. The van der Waals surface area contributed by atoms with Gasteiger partial charge in [0.05, 0.1) is 6.26 Å². The van der Waals surface area contributed by atoms with Crippen molar-refractivity contribution < 1.29 is 30.7 Å². The lowest BCUT2D eigenvalue weighted by Crippen LogP contribution is -2.36. The van der Waals surface area contributed by atoms with Crippen LogP contribution in [-0.2, 0) is 16.6 Å². The molecule has 1 aliphatic rings. The van der Waals surface area contributed by atoms with E-state index in [1.165, 1.54) is 24.3 Å². The Kier molecular flexibility index (Phi) is 6.79. The van der Waals surface area contributed by atoms with E-state index in [2.05, 4.69) is 29.7 Å². The Morgan fingerprint density at radius 2 is 1.90 bits per heavy atom. The molecule has 0 radical (unpaired) electrons. The zero-order valence-corrected chi connectivity index (χ0v) is 17.2. The number of nitrogens with zero attached hydrogens (tertiary/aromatic N) is 4. The van der Waals surface area contributed by atoms with Crippen LogP contribution in [0.15, 0.2) is 24.3 Å². The maximum atomic E-state index is 13.0. The van der Waals surface area contributed by atoms with E-state index in [0.29, 0.717) is 18.5 Å². The summed E-state index contributed by atoms with van der Waals surface area (Å²) < 4.78 is 80.6. The second kappa shape index (κ2) is 9.18. The first-order valence-electron chi connectivity index (χ1n) is 9.13. The van der Waals surface area contributed by atoms with Gasteiger partial charge in [0.15, 0.2) is 6.61 Å². The molecule has 31 heavy (non-hydrogen) atoms. The van der Waals surface area contributed by atoms with Crippen molar-refractivity contribution in [2.75, 3.05) is 36.2 Å². The fraction of sp³-hybridized carbons (Fsp3) is 0.471. The number of alkyl halides is 3. The lowest BCUT2D eigenvalue weighted by Gasteiger charge is -2.18. The summed E-state index contributed by atoms with van der Waals surface area (Å²) in [5, 5.41) is 2.85. The maximum Gasteiger partial charge on any atom is 0.422 e. The quantitative estimate of drug-likeness (QED) is 0.569. The molecule has 1 unspecified atom stereocenters. The molecule has 1 saturated heterocycles. The molecule has 1 atom stereocenters. The number of halogens is 4. The highest BCUT2D eigenvalue weighted by Gasteiger charge is 2.30. The first kappa shape index (κ1) is 22.9. The van der Waals surface area contributed by atoms with Gasteiger partial charge in [0.2, 0.25) is 21.9 Å². The molecule has 2 aromatic rings. The predicted molar refractivity (Wildman–Crippen MR) is 104 cm³/mol. The number of aromatic nitrogens is 3. The van der Waals surface area contributed by atoms with Gasteiger partial charge in [-0.3, -0.25) is 0 Å². The Hall–Kier alpha value is -2.74. The fourth-order valence-corrected chi connectivity index (χ4v) is 3.70. The van der Waals surface area contributed by atoms with Crippen LogP contribution >= 0.6 is 0 Å². The molecular weight excluding hydrogens is 444 g/mol. The largest absolute Gasteiger partial charge is 0.454 e. The molecule has 1 fully saturated rings. The lowest BCUT2D eigenvalue weighted by molar-refractivity contribution is -0.154. The summed E-state index contributed by atoms with van der Waals surface area (Å²) in [7, 11) is -3.42. The van der Waals surface area contributed by atoms with Crippen molar-refractivity contribution in [1.82, 2.24) is 19.7 Å². The van der Waals surface area contributed by atoms with Crippen molar-refractivity contribution in [2.45, 2.75) is 25.2 Å². The number of hydrogen-bond donors (Lipinski definition) is 2. The van der Waals surface area contributed by atoms with Crippen LogP contribution < -0.4 is 19.7 Å². The summed E-state index contributed by atoms with van der Waals surface area (Å²) in [6, 6.07) is 4.70. The van der Waals surface area contributed by atoms with E-state index in [1.54, 1.807) is 4.90 Å². The normalized spacial score (nSPS) is 17.1. The van der Waals surface area contributed by atoms with Crippen LogP contribution in [0.5, 0.6) is 6.01 Å². The van der Waals surface area contributed by atoms with Gasteiger partial charge in [0.1, 0.15) is 5.82 Å². The van der Waals surface area contributed by atoms with Gasteiger partial charge >= 0.3 is 12.2 Å². The van der Waals surface area contributed by atoms with E-state index in [4.69, 9.17) is 0 Å². The number of nitrogens with one attached hydrogen (secondary N) is 2. The molecule has 170 valence electrons. The third kappa shape index (κ3) is 7.47. The molecule has 1 aromatic heterocycles. The maximum absolute atomic E-state index is 13.0. The third-order valence-electron chi connectivity index (χ3n) is 4.18. The van der Waals surface area contributed by atoms with Crippen LogP contribution in [0.1, 0.15) is 12.0 Å². The van der Waals surface area contributed by atoms with Gasteiger partial charge in [-0.05, 0) is 24.1 Å². The van der Waals surface area contributed by atoms with Crippen molar-refractivity contribution >= 4 is 21.9 Å². The number of ether oxygens (including phenoxy) is 1. The molecule has 9 nitrogen and oxygen atoms in total. The summed E-state index contributed by atoms with van der Waals surface area (Å²) in [5.41, 5.74) is 0.694. The molecule has 3 rings (SSSR count). The van der Waals surface area contributed by atoms with E-state index in [0.717, 1.165) is 6.26 Å². The summed E-state index contributed by atoms with van der Waals surface area (Å²) in [6.45, 7) is -0.784. The Labute approximate surface area is 175 Å². The SMILES string of the molecule is CS(=O)(=O)NC1CCN(c2nc(NCc3ccc(F)cc3)nc(OCC(F)(F)F)n2)C1. The zero-order chi connectivity index (χ0) is 22.6. The average Bonchev–Trinajstić information content (AvgIpc) is 3.12. The first-order chi connectivity index (χ1) is 14.5. The van der Waals surface area contributed by atoms with E-state index in [-0.39, 0.29) is 31.0 Å². The number of anilines is 2. The van der Waals surface area contributed by atoms with Gasteiger partial charge in [-0.2, -0.15) is 28.1 Å². The number of benzene rings is 1. The van der Waals surface area contributed by atoms with Crippen molar-refractivity contribution in [3.05, 3.63) is 35.6 Å². The summed E-state index contributed by atoms with van der Waals surface area (Å²) in [5.74, 6) is -0.391. The van der Waals surface area contributed by atoms with Crippen LogP contribution in [0, 0.1) is 5.82 Å². The van der Waals surface area contributed by atoms with Crippen LogP contribution in [0.2, 0.25) is 0 Å². The molecule has 2 heterocycles. The number of sulfonamides is 1. The topological polar surface area (TPSA) is 109 Å². The fourth-order valence-electron chi connectivity index (χ4n) is 2.90. The predicted octanol–water partition coefficient (Wildman–Crippen LogP) is 1.69. The molecule has 0 amide bonds. The molecule has 14 heteroatoms. The van der Waals surface area contributed by atoms with Crippen molar-refractivity contribution in [1.29, 1.82) is 0 Å². The van der Waals surface area contributed by atoms with Gasteiger partial charge in [0.25, 0.3) is 0 Å². The van der Waals surface area contributed by atoms with Gasteiger partial charge in [0, 0.05) is 25.7 Å². The second-order valence-electron chi connectivity index (χ2n) is 6.95. The van der Waals surface area contributed by atoms with Gasteiger partial charge in [-0.1, -0.05) is 12.1 Å². The molecule has 0 aliphatic carbocycles. The van der Waals surface area contributed by atoms with E-state index in [1.807, 2.05) is 0 Å². The standard InChI is InChI=1S/C17H20F4N6O3S/c1-31(28,29)26-13-6-7-27(9-13)15-23-14(22-8-11-2-4-12(18)5-3-11)24-16(25-15)30-10-17(19,20)21/h2-5,13,26H,6-10H2,1H3,(H,22,23,24,25). The summed E-state index contributed by atoms with van der Waals surface area (Å²) in [4.78, 5) is 13.6. The highest BCUT2D eigenvalue weighted by Crippen LogP contribution is 2.22. The molecule has 0 bridgehead atoms. The summed E-state index contributed by atoms with van der Waals surface area (Å²) >= 11 is 0. The van der Waals surface area contributed by atoms with Gasteiger partial charge in [-0.25, -0.2) is 17.5 Å². The van der Waals surface area contributed by atoms with Crippen LogP contribution in [0.25, 0.3) is 0 Å². The first-order valence-corrected chi connectivity index (χ1v) is 11.0. The van der Waals surface area contributed by atoms with Crippen LogP contribution in [0.4, 0.5) is 29.5 Å². The van der Waals surface area contributed by atoms with Crippen molar-refractivity contribution in [3.63, 3.8) is 0 Å². The Morgan fingerprint density at radius 1 is 1.19 bits per heavy atom. The molecule has 0 spiro atoms. The van der Waals surface area contributed by atoms with E-state index < -0.39 is 34.6 Å². The number of hydrogen-bond acceptors (Lipinski definition) is 8. The Balaban J connectivity index is 1.77. The monoisotopic (exact) mass is 464 g/mol. The third-order valence-corrected chi connectivity index (χ3v) is 4.95. The molecule has 1 aromatic carbocycles. The highest BCUT2D eigenvalue weighted by molar-refractivity contribution is 7.88. The Morgan fingerprint density at radius 3 is 2.55 bits per heavy atom. The van der Waals surface area contributed by atoms with Crippen LogP contribution in [-0.4, -0.2) is 61.5 Å². The average molecular weight is 464 g/mol. The minimum atomic E-state index is -4.58. The van der Waals surface area contributed by atoms with Gasteiger partial charge < -0.3 is 15.0 Å². The molecule has 2 N–H and O–H groups in total. The zero-order valence-electron chi connectivity index (χ0n) is 16.4. The minimum absolute atomic E-state index is 0.0361. The number of rotatable bonds is 8. The minimum Gasteiger partial charge on any atom is -0.454 e. The van der Waals surface area contributed by atoms with Crippen LogP contribution in [0.3, 0.4) is 0 Å².